The monoisotopic (exact) mass is 450 g/mol. The largest absolute Gasteiger partial charge is 0.206 e. The van der Waals surface area contributed by atoms with Crippen molar-refractivity contribution in [3.05, 3.63) is 95.1 Å². The third-order valence-corrected chi connectivity index (χ3v) is 6.66. The lowest BCUT2D eigenvalue weighted by Gasteiger charge is -2.27. The molecular formula is C29H26F4. The van der Waals surface area contributed by atoms with Crippen LogP contribution < -0.4 is 0 Å². The maximum absolute atomic E-state index is 14.6. The van der Waals surface area contributed by atoms with Crippen molar-refractivity contribution in [2.75, 3.05) is 0 Å². The number of hydrogen-bond acceptors (Lipinski definition) is 0. The molecule has 4 rings (SSSR count). The van der Waals surface area contributed by atoms with E-state index in [0.717, 1.165) is 36.8 Å². The van der Waals surface area contributed by atoms with E-state index < -0.39 is 17.5 Å². The van der Waals surface area contributed by atoms with Crippen molar-refractivity contribution in [1.29, 1.82) is 0 Å². The van der Waals surface area contributed by atoms with Gasteiger partial charge in [0.15, 0.2) is 17.5 Å². The van der Waals surface area contributed by atoms with Crippen LogP contribution >= 0.6 is 0 Å². The molecule has 0 amide bonds. The second-order valence-corrected chi connectivity index (χ2v) is 8.94. The molecular weight excluding hydrogens is 424 g/mol. The first-order chi connectivity index (χ1) is 15.9. The highest BCUT2D eigenvalue weighted by Crippen LogP contribution is 2.33. The molecule has 3 aromatic carbocycles. The molecule has 0 atom stereocenters. The van der Waals surface area contributed by atoms with E-state index in [4.69, 9.17) is 0 Å². The molecule has 1 saturated carbocycles. The molecule has 0 N–H and O–H groups in total. The van der Waals surface area contributed by atoms with Crippen LogP contribution in [-0.4, -0.2) is 0 Å². The van der Waals surface area contributed by atoms with Gasteiger partial charge in [-0.1, -0.05) is 42.9 Å². The van der Waals surface area contributed by atoms with E-state index in [0.29, 0.717) is 11.5 Å². The average Bonchev–Trinajstić information content (AvgIpc) is 2.81. The summed E-state index contributed by atoms with van der Waals surface area (Å²) in [5.41, 5.74) is 1.69. The van der Waals surface area contributed by atoms with Crippen molar-refractivity contribution in [1.82, 2.24) is 0 Å². The number of aryl methyl sites for hydroxylation is 1. The molecule has 3 aromatic rings. The first-order valence-corrected chi connectivity index (χ1v) is 11.4. The highest BCUT2D eigenvalue weighted by atomic mass is 19.2. The Kier molecular flexibility index (Phi) is 7.18. The van der Waals surface area contributed by atoms with Gasteiger partial charge in [0.25, 0.3) is 0 Å². The minimum atomic E-state index is -1.50. The van der Waals surface area contributed by atoms with E-state index in [-0.39, 0.29) is 22.2 Å². The summed E-state index contributed by atoms with van der Waals surface area (Å²) in [6.45, 7) is 3.83. The van der Waals surface area contributed by atoms with E-state index in [1.807, 2.05) is 12.1 Å². The lowest BCUT2D eigenvalue weighted by Crippen LogP contribution is -2.14. The molecule has 170 valence electrons. The fraction of sp³-hybridized carbons (Fsp3) is 0.310. The highest BCUT2D eigenvalue weighted by molar-refractivity contribution is 5.84. The number of allylic oxidation sites excluding steroid dienone is 1. The van der Waals surface area contributed by atoms with Crippen molar-refractivity contribution in [3.8, 4) is 11.8 Å². The summed E-state index contributed by atoms with van der Waals surface area (Å²) >= 11 is 0. The molecule has 4 heteroatoms. The van der Waals surface area contributed by atoms with Gasteiger partial charge in [0.05, 0.1) is 5.56 Å². The molecule has 0 bridgehead atoms. The maximum atomic E-state index is 14.6. The second-order valence-electron chi connectivity index (χ2n) is 8.94. The van der Waals surface area contributed by atoms with Gasteiger partial charge in [-0.3, -0.25) is 0 Å². The minimum Gasteiger partial charge on any atom is -0.206 e. The van der Waals surface area contributed by atoms with Crippen LogP contribution in [-0.2, 0) is 6.42 Å². The maximum Gasteiger partial charge on any atom is 0.195 e. The summed E-state index contributed by atoms with van der Waals surface area (Å²) in [4.78, 5) is 0. The van der Waals surface area contributed by atoms with Crippen molar-refractivity contribution in [2.45, 2.75) is 44.9 Å². The van der Waals surface area contributed by atoms with Crippen LogP contribution in [0.3, 0.4) is 0 Å². The first kappa shape index (κ1) is 23.1. The van der Waals surface area contributed by atoms with Crippen LogP contribution in [0, 0.1) is 46.9 Å². The minimum absolute atomic E-state index is 0.0239. The van der Waals surface area contributed by atoms with Gasteiger partial charge in [0, 0.05) is 10.9 Å². The van der Waals surface area contributed by atoms with Crippen molar-refractivity contribution in [3.63, 3.8) is 0 Å². The Hall–Kier alpha value is -3.06. The Labute approximate surface area is 192 Å². The van der Waals surface area contributed by atoms with Gasteiger partial charge in [-0.15, -0.1) is 6.58 Å². The lowest BCUT2D eigenvalue weighted by atomic mass is 9.78. The predicted molar refractivity (Wildman–Crippen MR) is 125 cm³/mol. The van der Waals surface area contributed by atoms with E-state index in [1.165, 1.54) is 43.9 Å². The Balaban J connectivity index is 1.41. The number of rotatable bonds is 5. The highest BCUT2D eigenvalue weighted by Gasteiger charge is 2.20. The second kappa shape index (κ2) is 10.3. The Morgan fingerprint density at radius 1 is 0.818 bits per heavy atom. The van der Waals surface area contributed by atoms with Gasteiger partial charge >= 0.3 is 0 Å². The van der Waals surface area contributed by atoms with E-state index in [2.05, 4.69) is 18.4 Å². The number of fused-ring (bicyclic) bond motifs is 1. The topological polar surface area (TPSA) is 0 Å². The molecule has 0 aliphatic heterocycles. The quantitative estimate of drug-likeness (QED) is 0.159. The standard InChI is InChI=1S/C29H26F4/c1-2-3-19-4-6-20(7-5-19)8-9-22-11-14-23(26(30)17-22)13-10-21-12-15-25-24(16-21)18-27(31)29(33)28(25)32/h2,11-12,14-20H,1,3-9H2. The molecule has 0 aromatic heterocycles. The van der Waals surface area contributed by atoms with Gasteiger partial charge in [0.1, 0.15) is 5.82 Å². The van der Waals surface area contributed by atoms with Crippen molar-refractivity contribution < 1.29 is 17.6 Å². The fourth-order valence-electron chi connectivity index (χ4n) is 4.70. The molecule has 0 radical (unpaired) electrons. The summed E-state index contributed by atoms with van der Waals surface area (Å²) in [5.74, 6) is 2.74. The molecule has 1 fully saturated rings. The molecule has 1 aliphatic carbocycles. The van der Waals surface area contributed by atoms with Crippen LogP contribution in [0.15, 0.2) is 55.1 Å². The Morgan fingerprint density at radius 3 is 2.30 bits per heavy atom. The van der Waals surface area contributed by atoms with Crippen LogP contribution in [0.25, 0.3) is 10.8 Å². The summed E-state index contributed by atoms with van der Waals surface area (Å²) in [6, 6.07) is 10.4. The number of hydrogen-bond donors (Lipinski definition) is 0. The molecule has 0 unspecified atom stereocenters. The zero-order chi connectivity index (χ0) is 23.4. The summed E-state index contributed by atoms with van der Waals surface area (Å²) < 4.78 is 55.4. The van der Waals surface area contributed by atoms with Crippen molar-refractivity contribution >= 4 is 10.8 Å². The first-order valence-electron chi connectivity index (χ1n) is 11.4. The van der Waals surface area contributed by atoms with E-state index in [9.17, 15) is 17.6 Å². The normalized spacial score (nSPS) is 18.1. The summed E-state index contributed by atoms with van der Waals surface area (Å²) in [5, 5.41) is 0.178. The fourth-order valence-corrected chi connectivity index (χ4v) is 4.70. The SMILES string of the molecule is C=CCC1CCC(CCc2ccc(C#Cc3ccc4c(F)c(F)c(F)cc4c3)c(F)c2)CC1. The summed E-state index contributed by atoms with van der Waals surface area (Å²) in [7, 11) is 0. The van der Waals surface area contributed by atoms with Gasteiger partial charge < -0.3 is 0 Å². The van der Waals surface area contributed by atoms with E-state index >= 15 is 0 Å². The predicted octanol–water partition coefficient (Wildman–Crippen LogP) is 8.11. The summed E-state index contributed by atoms with van der Waals surface area (Å²) in [6.07, 6.45) is 10.00. The molecule has 0 spiro atoms. The van der Waals surface area contributed by atoms with Gasteiger partial charge in [-0.25, -0.2) is 17.6 Å². The smallest absolute Gasteiger partial charge is 0.195 e. The van der Waals surface area contributed by atoms with Gasteiger partial charge in [-0.05, 0) is 85.2 Å². The Bertz CT molecular complexity index is 1220. The van der Waals surface area contributed by atoms with Crippen LogP contribution in [0.1, 0.15) is 55.2 Å². The zero-order valence-corrected chi connectivity index (χ0v) is 18.4. The van der Waals surface area contributed by atoms with Crippen LogP contribution in [0.2, 0.25) is 0 Å². The lowest BCUT2D eigenvalue weighted by molar-refractivity contribution is 0.265. The molecule has 0 nitrogen and oxygen atoms in total. The van der Waals surface area contributed by atoms with Crippen LogP contribution in [0.4, 0.5) is 17.6 Å². The molecule has 33 heavy (non-hydrogen) atoms. The third-order valence-electron chi connectivity index (χ3n) is 6.66. The zero-order valence-electron chi connectivity index (χ0n) is 18.4. The molecule has 0 saturated heterocycles. The molecule has 0 heterocycles. The van der Waals surface area contributed by atoms with Gasteiger partial charge in [-0.2, -0.15) is 0 Å². The average molecular weight is 451 g/mol. The number of halogens is 4. The van der Waals surface area contributed by atoms with E-state index in [1.54, 1.807) is 12.1 Å². The van der Waals surface area contributed by atoms with Crippen molar-refractivity contribution in [2.24, 2.45) is 11.8 Å². The Morgan fingerprint density at radius 2 is 1.58 bits per heavy atom. The molecule has 1 aliphatic rings. The van der Waals surface area contributed by atoms with Crippen LogP contribution in [0.5, 0.6) is 0 Å². The van der Waals surface area contributed by atoms with Gasteiger partial charge in [0.2, 0.25) is 0 Å². The number of benzene rings is 3. The third kappa shape index (κ3) is 5.47.